The third kappa shape index (κ3) is 2.56. The van der Waals surface area contributed by atoms with Crippen molar-refractivity contribution in [3.8, 4) is 0 Å². The van der Waals surface area contributed by atoms with Crippen molar-refractivity contribution < 1.29 is 4.79 Å². The molecule has 0 atom stereocenters. The van der Waals surface area contributed by atoms with E-state index in [0.717, 1.165) is 30.3 Å². The molecule has 3 aromatic heterocycles. The average molecular weight is 353 g/mol. The number of pyridine rings is 1. The first kappa shape index (κ1) is 12.8. The van der Waals surface area contributed by atoms with Gasteiger partial charge in [-0.2, -0.15) is 0 Å². The Hall–Kier alpha value is -1.24. The molecule has 1 amide bonds. The third-order valence-electron chi connectivity index (χ3n) is 2.66. The summed E-state index contributed by atoms with van der Waals surface area (Å²) in [5.74, 6) is -0.0828. The summed E-state index contributed by atoms with van der Waals surface area (Å²) < 4.78 is 3.07. The van der Waals surface area contributed by atoms with E-state index >= 15 is 0 Å². The van der Waals surface area contributed by atoms with Crippen LogP contribution in [-0.2, 0) is 0 Å². The fraction of sp³-hybridized carbons (Fsp3) is 0.0769. The molecule has 0 aliphatic carbocycles. The number of carbonyl (C=O) groups is 1. The Kier molecular flexibility index (Phi) is 3.38. The van der Waals surface area contributed by atoms with E-state index in [9.17, 15) is 4.79 Å². The molecule has 6 heteroatoms. The maximum atomic E-state index is 12.2. The minimum absolute atomic E-state index is 0.0828. The topological polar surface area (TPSA) is 42.0 Å². The van der Waals surface area contributed by atoms with Crippen molar-refractivity contribution >= 4 is 59.6 Å². The van der Waals surface area contributed by atoms with E-state index in [4.69, 9.17) is 0 Å². The standard InChI is InChI=1S/C13H9BrN2OS2/c1-7-8(2-3-12(14)15-7)16-13(17)11-6-10-9(19-11)4-5-18-10/h2-6H,1H3,(H,16,17). The molecule has 19 heavy (non-hydrogen) atoms. The zero-order chi connectivity index (χ0) is 13.4. The number of nitrogens with zero attached hydrogens (tertiary/aromatic N) is 1. The number of hydrogen-bond donors (Lipinski definition) is 1. The normalized spacial score (nSPS) is 10.8. The monoisotopic (exact) mass is 352 g/mol. The highest BCUT2D eigenvalue weighted by atomic mass is 79.9. The lowest BCUT2D eigenvalue weighted by Gasteiger charge is -2.06. The number of rotatable bonds is 2. The van der Waals surface area contributed by atoms with Crippen molar-refractivity contribution in [2.45, 2.75) is 6.92 Å². The van der Waals surface area contributed by atoms with Gasteiger partial charge < -0.3 is 5.32 Å². The second-order valence-corrected chi connectivity index (χ2v) is 6.82. The van der Waals surface area contributed by atoms with Gasteiger partial charge in [-0.3, -0.25) is 4.79 Å². The second-order valence-electron chi connectivity index (χ2n) is 3.98. The summed E-state index contributed by atoms with van der Waals surface area (Å²) in [4.78, 5) is 17.2. The van der Waals surface area contributed by atoms with Gasteiger partial charge in [0.2, 0.25) is 0 Å². The van der Waals surface area contributed by atoms with Crippen LogP contribution in [0.1, 0.15) is 15.4 Å². The molecule has 0 aliphatic rings. The number of halogens is 1. The Morgan fingerprint density at radius 2 is 2.16 bits per heavy atom. The maximum absolute atomic E-state index is 12.2. The largest absolute Gasteiger partial charge is 0.320 e. The summed E-state index contributed by atoms with van der Waals surface area (Å²) >= 11 is 6.46. The first-order valence-corrected chi connectivity index (χ1v) is 8.04. The van der Waals surface area contributed by atoms with E-state index in [2.05, 4.69) is 26.2 Å². The van der Waals surface area contributed by atoms with Gasteiger partial charge in [-0.05, 0) is 52.5 Å². The van der Waals surface area contributed by atoms with Crippen molar-refractivity contribution in [1.29, 1.82) is 0 Å². The number of fused-ring (bicyclic) bond motifs is 1. The number of nitrogens with one attached hydrogen (secondary N) is 1. The fourth-order valence-corrected chi connectivity index (χ4v) is 4.13. The molecule has 0 fully saturated rings. The van der Waals surface area contributed by atoms with Crippen molar-refractivity contribution in [2.24, 2.45) is 0 Å². The average Bonchev–Trinajstić information content (AvgIpc) is 2.93. The number of amides is 1. The number of anilines is 1. The molecule has 0 bridgehead atoms. The molecule has 0 aliphatic heterocycles. The molecule has 1 N–H and O–H groups in total. The third-order valence-corrected chi connectivity index (χ3v) is 5.20. The van der Waals surface area contributed by atoms with Crippen LogP contribution in [0.2, 0.25) is 0 Å². The molecule has 0 saturated heterocycles. The highest BCUT2D eigenvalue weighted by molar-refractivity contribution is 9.10. The van der Waals surface area contributed by atoms with Crippen LogP contribution in [0.3, 0.4) is 0 Å². The van der Waals surface area contributed by atoms with Gasteiger partial charge in [0.25, 0.3) is 5.91 Å². The Bertz CT molecular complexity index is 734. The summed E-state index contributed by atoms with van der Waals surface area (Å²) in [5, 5.41) is 4.93. The van der Waals surface area contributed by atoms with E-state index < -0.39 is 0 Å². The molecular weight excluding hydrogens is 344 g/mol. The summed E-state index contributed by atoms with van der Waals surface area (Å²) in [6.45, 7) is 1.87. The Morgan fingerprint density at radius 1 is 1.32 bits per heavy atom. The van der Waals surface area contributed by atoms with E-state index in [-0.39, 0.29) is 5.91 Å². The van der Waals surface area contributed by atoms with Gasteiger partial charge in [0.1, 0.15) is 4.60 Å². The van der Waals surface area contributed by atoms with Crippen molar-refractivity contribution in [1.82, 2.24) is 4.98 Å². The van der Waals surface area contributed by atoms with Gasteiger partial charge in [-0.1, -0.05) is 0 Å². The van der Waals surface area contributed by atoms with Crippen LogP contribution in [0, 0.1) is 6.92 Å². The Labute approximate surface area is 126 Å². The zero-order valence-corrected chi connectivity index (χ0v) is 13.2. The lowest BCUT2D eigenvalue weighted by Crippen LogP contribution is -2.11. The smallest absolute Gasteiger partial charge is 0.265 e. The van der Waals surface area contributed by atoms with Gasteiger partial charge in [0.05, 0.1) is 16.3 Å². The van der Waals surface area contributed by atoms with Crippen LogP contribution in [0.4, 0.5) is 5.69 Å². The molecule has 0 aromatic carbocycles. The first-order valence-electron chi connectivity index (χ1n) is 5.55. The number of aryl methyl sites for hydroxylation is 1. The number of carbonyl (C=O) groups excluding carboxylic acids is 1. The van der Waals surface area contributed by atoms with Gasteiger partial charge in [-0.15, -0.1) is 22.7 Å². The molecular formula is C13H9BrN2OS2. The SMILES string of the molecule is Cc1nc(Br)ccc1NC(=O)c1cc2sccc2s1. The van der Waals surface area contributed by atoms with E-state index in [0.29, 0.717) is 0 Å². The van der Waals surface area contributed by atoms with Gasteiger partial charge in [-0.25, -0.2) is 4.98 Å². The van der Waals surface area contributed by atoms with E-state index in [1.807, 2.05) is 36.6 Å². The lowest BCUT2D eigenvalue weighted by molar-refractivity contribution is 0.103. The summed E-state index contributed by atoms with van der Waals surface area (Å²) in [6.07, 6.45) is 0. The molecule has 3 heterocycles. The van der Waals surface area contributed by atoms with Crippen LogP contribution in [0.5, 0.6) is 0 Å². The van der Waals surface area contributed by atoms with Crippen LogP contribution in [0.25, 0.3) is 9.40 Å². The predicted molar refractivity (Wildman–Crippen MR) is 84.3 cm³/mol. The quantitative estimate of drug-likeness (QED) is 0.680. The fourth-order valence-electron chi connectivity index (χ4n) is 1.72. The van der Waals surface area contributed by atoms with Gasteiger partial charge >= 0.3 is 0 Å². The van der Waals surface area contributed by atoms with Gasteiger partial charge in [0, 0.05) is 9.40 Å². The number of aromatic nitrogens is 1. The predicted octanol–water partition coefficient (Wildman–Crippen LogP) is 4.68. The molecule has 0 spiro atoms. The molecule has 96 valence electrons. The molecule has 3 nitrogen and oxygen atoms in total. The summed E-state index contributed by atoms with van der Waals surface area (Å²) in [7, 11) is 0. The Morgan fingerprint density at radius 3 is 2.89 bits per heavy atom. The Balaban J connectivity index is 1.86. The highest BCUT2D eigenvalue weighted by Gasteiger charge is 2.12. The van der Waals surface area contributed by atoms with E-state index in [1.165, 1.54) is 11.3 Å². The van der Waals surface area contributed by atoms with Crippen LogP contribution in [-0.4, -0.2) is 10.9 Å². The molecule has 3 rings (SSSR count). The van der Waals surface area contributed by atoms with Crippen LogP contribution in [0.15, 0.2) is 34.2 Å². The van der Waals surface area contributed by atoms with Crippen molar-refractivity contribution in [3.05, 3.63) is 44.8 Å². The highest BCUT2D eigenvalue weighted by Crippen LogP contribution is 2.30. The lowest BCUT2D eigenvalue weighted by atomic mass is 10.3. The minimum Gasteiger partial charge on any atom is -0.320 e. The molecule has 3 aromatic rings. The number of thiophene rings is 2. The zero-order valence-electron chi connectivity index (χ0n) is 9.94. The first-order chi connectivity index (χ1) is 9.13. The molecule has 0 saturated carbocycles. The molecule has 0 radical (unpaired) electrons. The van der Waals surface area contributed by atoms with Crippen molar-refractivity contribution in [3.63, 3.8) is 0 Å². The maximum Gasteiger partial charge on any atom is 0.265 e. The van der Waals surface area contributed by atoms with Crippen molar-refractivity contribution in [2.75, 3.05) is 5.32 Å². The molecule has 0 unspecified atom stereocenters. The van der Waals surface area contributed by atoms with Gasteiger partial charge in [0.15, 0.2) is 0 Å². The minimum atomic E-state index is -0.0828. The van der Waals surface area contributed by atoms with Crippen LogP contribution < -0.4 is 5.32 Å². The summed E-state index contributed by atoms with van der Waals surface area (Å²) in [5.41, 5.74) is 1.53. The second kappa shape index (κ2) is 5.03. The van der Waals surface area contributed by atoms with Crippen LogP contribution >= 0.6 is 38.6 Å². The number of hydrogen-bond acceptors (Lipinski definition) is 4. The summed E-state index contributed by atoms with van der Waals surface area (Å²) in [6, 6.07) is 7.63. The van der Waals surface area contributed by atoms with E-state index in [1.54, 1.807) is 11.3 Å².